The topological polar surface area (TPSA) is 93.5 Å². The molecule has 2 fully saturated rings. The van der Waals surface area contributed by atoms with E-state index in [1.807, 2.05) is 0 Å². The number of carbonyl (C=O) groups is 1. The van der Waals surface area contributed by atoms with E-state index in [2.05, 4.69) is 25.8 Å². The molecule has 134 valence electrons. The third kappa shape index (κ3) is 4.50. The molecule has 0 unspecified atom stereocenters. The van der Waals surface area contributed by atoms with Gasteiger partial charge in [-0.3, -0.25) is 14.4 Å². The van der Waals surface area contributed by atoms with Crippen LogP contribution < -0.4 is 10.6 Å². The Hall–Kier alpha value is -1.55. The smallest absolute Gasteiger partial charge is 0.273 e. The first kappa shape index (κ1) is 17.3. The summed E-state index contributed by atoms with van der Waals surface area (Å²) in [7, 11) is 1.63. The predicted molar refractivity (Wildman–Crippen MR) is 86.8 cm³/mol. The molecule has 0 aromatic carbocycles. The zero-order chi connectivity index (χ0) is 16.8. The third-order valence-electron chi connectivity index (χ3n) is 4.55. The monoisotopic (exact) mass is 338 g/mol. The highest BCUT2D eigenvalue weighted by molar-refractivity contribution is 5.92. The third-order valence-corrected chi connectivity index (χ3v) is 4.55. The Morgan fingerprint density at radius 2 is 2.29 bits per heavy atom. The Labute approximate surface area is 141 Å². The molecule has 1 aromatic rings. The van der Waals surface area contributed by atoms with Gasteiger partial charge in [-0.05, 0) is 6.42 Å². The molecule has 2 aliphatic heterocycles. The molecule has 24 heavy (non-hydrogen) atoms. The van der Waals surface area contributed by atoms with Crippen molar-refractivity contribution >= 4 is 5.91 Å². The second-order valence-corrected chi connectivity index (χ2v) is 6.18. The zero-order valence-corrected chi connectivity index (χ0v) is 14.1. The molecule has 1 aromatic heterocycles. The molecule has 9 heteroatoms. The summed E-state index contributed by atoms with van der Waals surface area (Å²) in [4.78, 5) is 14.7. The lowest BCUT2D eigenvalue weighted by molar-refractivity contribution is -0.0479. The Morgan fingerprint density at radius 1 is 1.46 bits per heavy atom. The number of rotatable bonds is 6. The fourth-order valence-electron chi connectivity index (χ4n) is 3.04. The summed E-state index contributed by atoms with van der Waals surface area (Å²) in [6.07, 6.45) is 2.32. The molecule has 2 N–H and O–H groups in total. The lowest BCUT2D eigenvalue weighted by Gasteiger charge is -2.30. The van der Waals surface area contributed by atoms with Crippen LogP contribution in [0.25, 0.3) is 0 Å². The average Bonchev–Trinajstić information content (AvgIpc) is 3.10. The lowest BCUT2D eigenvalue weighted by atomic mass is 10.1. The molecule has 1 amide bonds. The minimum Gasteiger partial charge on any atom is -0.379 e. The number of hydrogen-bond acceptors (Lipinski definition) is 7. The maximum Gasteiger partial charge on any atom is 0.273 e. The maximum atomic E-state index is 12.4. The summed E-state index contributed by atoms with van der Waals surface area (Å²) >= 11 is 0. The van der Waals surface area contributed by atoms with Crippen molar-refractivity contribution < 1.29 is 14.3 Å². The number of ether oxygens (including phenoxy) is 2. The van der Waals surface area contributed by atoms with E-state index in [4.69, 9.17) is 9.47 Å². The van der Waals surface area contributed by atoms with E-state index in [0.29, 0.717) is 18.9 Å². The van der Waals surface area contributed by atoms with Crippen LogP contribution in [0.4, 0.5) is 0 Å². The van der Waals surface area contributed by atoms with Crippen molar-refractivity contribution in [3.8, 4) is 0 Å². The SMILES string of the molecule is CO[C@@H]1COCC[C@H]1NC(=O)c1cn(CCN2CCNCC2)nn1. The second kappa shape index (κ2) is 8.52. The average molecular weight is 338 g/mol. The highest BCUT2D eigenvalue weighted by Crippen LogP contribution is 2.11. The number of nitrogens with zero attached hydrogens (tertiary/aromatic N) is 4. The van der Waals surface area contributed by atoms with Gasteiger partial charge in [-0.1, -0.05) is 5.21 Å². The number of carbonyl (C=O) groups excluding carboxylic acids is 1. The van der Waals surface area contributed by atoms with E-state index in [1.165, 1.54) is 0 Å². The molecule has 0 spiro atoms. The molecular weight excluding hydrogens is 312 g/mol. The molecule has 9 nitrogen and oxygen atoms in total. The first-order valence-corrected chi connectivity index (χ1v) is 8.51. The molecule has 2 atom stereocenters. The van der Waals surface area contributed by atoms with Gasteiger partial charge in [-0.2, -0.15) is 0 Å². The molecule has 0 radical (unpaired) electrons. The van der Waals surface area contributed by atoms with Gasteiger partial charge in [-0.15, -0.1) is 5.10 Å². The molecule has 0 saturated carbocycles. The van der Waals surface area contributed by atoms with Gasteiger partial charge in [-0.25, -0.2) is 0 Å². The van der Waals surface area contributed by atoms with Crippen molar-refractivity contribution in [1.82, 2.24) is 30.5 Å². The van der Waals surface area contributed by atoms with E-state index in [1.54, 1.807) is 18.0 Å². The first-order valence-electron chi connectivity index (χ1n) is 8.51. The van der Waals surface area contributed by atoms with E-state index < -0.39 is 0 Å². The standard InChI is InChI=1S/C15H26N6O3/c1-23-14-11-24-9-2-12(14)17-15(22)13-10-21(19-18-13)8-7-20-5-3-16-4-6-20/h10,12,14,16H,2-9,11H2,1H3,(H,17,22)/t12-,14-/m1/s1. The zero-order valence-electron chi connectivity index (χ0n) is 14.1. The van der Waals surface area contributed by atoms with Crippen LogP contribution in [0.3, 0.4) is 0 Å². The van der Waals surface area contributed by atoms with Crippen molar-refractivity contribution in [1.29, 1.82) is 0 Å². The maximum absolute atomic E-state index is 12.4. The predicted octanol–water partition coefficient (Wildman–Crippen LogP) is -1.28. The lowest BCUT2D eigenvalue weighted by Crippen LogP contribution is -2.49. The fraction of sp³-hybridized carbons (Fsp3) is 0.800. The van der Waals surface area contributed by atoms with Crippen LogP contribution >= 0.6 is 0 Å². The molecular formula is C15H26N6O3. The summed E-state index contributed by atoms with van der Waals surface area (Å²) in [5, 5.41) is 14.4. The van der Waals surface area contributed by atoms with Gasteiger partial charge >= 0.3 is 0 Å². The minimum atomic E-state index is -0.211. The van der Waals surface area contributed by atoms with Crippen LogP contribution in [-0.4, -0.2) is 91.0 Å². The Kier molecular flexibility index (Phi) is 6.13. The molecule has 2 saturated heterocycles. The highest BCUT2D eigenvalue weighted by Gasteiger charge is 2.28. The second-order valence-electron chi connectivity index (χ2n) is 6.18. The number of methoxy groups -OCH3 is 1. The number of aromatic nitrogens is 3. The van der Waals surface area contributed by atoms with Gasteiger partial charge in [0.05, 0.1) is 25.4 Å². The molecule has 3 heterocycles. The Bertz CT molecular complexity index is 531. The highest BCUT2D eigenvalue weighted by atomic mass is 16.5. The van der Waals surface area contributed by atoms with Crippen LogP contribution in [-0.2, 0) is 16.0 Å². The molecule has 3 rings (SSSR count). The van der Waals surface area contributed by atoms with Crippen LogP contribution in [0.15, 0.2) is 6.20 Å². The normalized spacial score (nSPS) is 25.5. The van der Waals surface area contributed by atoms with Crippen molar-refractivity contribution in [2.75, 3.05) is 53.0 Å². The number of nitrogens with one attached hydrogen (secondary N) is 2. The van der Waals surface area contributed by atoms with Gasteiger partial charge in [0.15, 0.2) is 5.69 Å². The van der Waals surface area contributed by atoms with Crippen LogP contribution in [0.2, 0.25) is 0 Å². The largest absolute Gasteiger partial charge is 0.379 e. The van der Waals surface area contributed by atoms with Gasteiger partial charge < -0.3 is 20.1 Å². The van der Waals surface area contributed by atoms with Crippen LogP contribution in [0, 0.1) is 0 Å². The summed E-state index contributed by atoms with van der Waals surface area (Å²) in [5.41, 5.74) is 0.344. The van der Waals surface area contributed by atoms with Crippen LogP contribution in [0.5, 0.6) is 0 Å². The van der Waals surface area contributed by atoms with Crippen molar-refractivity contribution in [2.24, 2.45) is 0 Å². The fourth-order valence-corrected chi connectivity index (χ4v) is 3.04. The summed E-state index contributed by atoms with van der Waals surface area (Å²) in [6.45, 7) is 6.92. The van der Waals surface area contributed by atoms with Crippen molar-refractivity contribution in [2.45, 2.75) is 25.1 Å². The van der Waals surface area contributed by atoms with Gasteiger partial charge in [0.2, 0.25) is 0 Å². The van der Waals surface area contributed by atoms with Crippen molar-refractivity contribution in [3.63, 3.8) is 0 Å². The van der Waals surface area contributed by atoms with E-state index in [9.17, 15) is 4.79 Å². The van der Waals surface area contributed by atoms with E-state index >= 15 is 0 Å². The Balaban J connectivity index is 1.49. The Morgan fingerprint density at radius 3 is 3.08 bits per heavy atom. The van der Waals surface area contributed by atoms with Gasteiger partial charge in [0, 0.05) is 46.4 Å². The van der Waals surface area contributed by atoms with Gasteiger partial charge in [0.25, 0.3) is 5.91 Å². The number of hydrogen-bond donors (Lipinski definition) is 2. The number of piperazine rings is 1. The first-order chi connectivity index (χ1) is 11.8. The molecule has 2 aliphatic rings. The van der Waals surface area contributed by atoms with Crippen LogP contribution in [0.1, 0.15) is 16.9 Å². The summed E-state index contributed by atoms with van der Waals surface area (Å²) in [6, 6.07) is -0.0535. The van der Waals surface area contributed by atoms with E-state index in [-0.39, 0.29) is 18.1 Å². The summed E-state index contributed by atoms with van der Waals surface area (Å²) < 4.78 is 12.5. The van der Waals surface area contributed by atoms with E-state index in [0.717, 1.165) is 45.7 Å². The summed E-state index contributed by atoms with van der Waals surface area (Å²) in [5.74, 6) is -0.211. The molecule has 0 bridgehead atoms. The quantitative estimate of drug-likeness (QED) is 0.667. The molecule has 0 aliphatic carbocycles. The van der Waals surface area contributed by atoms with Crippen molar-refractivity contribution in [3.05, 3.63) is 11.9 Å². The van der Waals surface area contributed by atoms with Gasteiger partial charge in [0.1, 0.15) is 6.10 Å². The minimum absolute atomic E-state index is 0.0535. The number of amides is 1.